The molecule has 0 heteroatoms. The molecule has 16 heavy (non-hydrogen) atoms. The Hall–Kier alpha value is -1.56. The van der Waals surface area contributed by atoms with Gasteiger partial charge < -0.3 is 0 Å². The van der Waals surface area contributed by atoms with Gasteiger partial charge in [-0.2, -0.15) is 0 Å². The molecule has 0 atom stereocenters. The van der Waals surface area contributed by atoms with Crippen LogP contribution in [-0.2, 0) is 6.42 Å². The van der Waals surface area contributed by atoms with Gasteiger partial charge in [0.15, 0.2) is 0 Å². The molecule has 82 valence electrons. The van der Waals surface area contributed by atoms with E-state index in [0.717, 1.165) is 6.42 Å². The van der Waals surface area contributed by atoms with E-state index >= 15 is 0 Å². The van der Waals surface area contributed by atoms with Crippen molar-refractivity contribution in [3.05, 3.63) is 59.2 Å². The van der Waals surface area contributed by atoms with E-state index < -0.39 is 0 Å². The third-order valence-electron chi connectivity index (χ3n) is 3.37. The minimum absolute atomic E-state index is 1.11. The quantitative estimate of drug-likeness (QED) is 0.683. The second kappa shape index (κ2) is 4.52. The molecule has 0 N–H and O–H groups in total. The van der Waals surface area contributed by atoms with Crippen LogP contribution in [0.1, 0.15) is 23.6 Å². The van der Waals surface area contributed by atoms with Gasteiger partial charge >= 0.3 is 0 Å². The van der Waals surface area contributed by atoms with Crippen molar-refractivity contribution < 1.29 is 0 Å². The summed E-state index contributed by atoms with van der Waals surface area (Å²) in [5.74, 6) is 0. The lowest BCUT2D eigenvalue weighted by molar-refractivity contribution is 1.10. The second-order valence-corrected chi connectivity index (χ2v) is 4.24. The van der Waals surface area contributed by atoms with E-state index in [9.17, 15) is 0 Å². The molecule has 0 aliphatic heterocycles. The van der Waals surface area contributed by atoms with Gasteiger partial charge in [-0.1, -0.05) is 49.4 Å². The van der Waals surface area contributed by atoms with Gasteiger partial charge in [-0.3, -0.25) is 0 Å². The van der Waals surface area contributed by atoms with E-state index in [-0.39, 0.29) is 0 Å². The van der Waals surface area contributed by atoms with E-state index in [1.54, 1.807) is 0 Å². The molecule has 0 fully saturated rings. The van der Waals surface area contributed by atoms with Crippen molar-refractivity contribution >= 4 is 0 Å². The Morgan fingerprint density at radius 2 is 1.50 bits per heavy atom. The van der Waals surface area contributed by atoms with Crippen molar-refractivity contribution in [1.29, 1.82) is 0 Å². The van der Waals surface area contributed by atoms with Crippen LogP contribution in [-0.4, -0.2) is 0 Å². The van der Waals surface area contributed by atoms with Crippen molar-refractivity contribution in [3.8, 4) is 11.1 Å². The summed E-state index contributed by atoms with van der Waals surface area (Å²) < 4.78 is 0. The average Bonchev–Trinajstić information content (AvgIpc) is 2.34. The first-order chi connectivity index (χ1) is 7.74. The van der Waals surface area contributed by atoms with E-state index in [0.29, 0.717) is 0 Å². The van der Waals surface area contributed by atoms with Crippen LogP contribution >= 0.6 is 0 Å². The fourth-order valence-corrected chi connectivity index (χ4v) is 2.19. The maximum Gasteiger partial charge on any atom is -0.0152 e. The lowest BCUT2D eigenvalue weighted by atomic mass is 9.93. The van der Waals surface area contributed by atoms with Crippen LogP contribution in [0.5, 0.6) is 0 Å². The van der Waals surface area contributed by atoms with Crippen molar-refractivity contribution in [2.24, 2.45) is 0 Å². The van der Waals surface area contributed by atoms with E-state index in [2.05, 4.69) is 63.2 Å². The molecule has 2 rings (SSSR count). The van der Waals surface area contributed by atoms with Gasteiger partial charge in [-0.05, 0) is 48.1 Å². The summed E-state index contributed by atoms with van der Waals surface area (Å²) >= 11 is 0. The first kappa shape index (κ1) is 10.9. The van der Waals surface area contributed by atoms with Crippen molar-refractivity contribution in [1.82, 2.24) is 0 Å². The first-order valence-electron chi connectivity index (χ1n) is 5.88. The average molecular weight is 210 g/mol. The topological polar surface area (TPSA) is 0 Å². The summed E-state index contributed by atoms with van der Waals surface area (Å²) in [7, 11) is 0. The van der Waals surface area contributed by atoms with Gasteiger partial charge in [0.2, 0.25) is 0 Å². The molecule has 0 heterocycles. The molecule has 0 aliphatic rings. The monoisotopic (exact) mass is 210 g/mol. The predicted octanol–water partition coefficient (Wildman–Crippen LogP) is 4.53. The maximum atomic E-state index is 2.25. The third kappa shape index (κ3) is 1.88. The number of hydrogen-bond donors (Lipinski definition) is 0. The zero-order valence-corrected chi connectivity index (χ0v) is 10.2. The zero-order valence-electron chi connectivity index (χ0n) is 10.2. The van der Waals surface area contributed by atoms with E-state index in [4.69, 9.17) is 0 Å². The fraction of sp³-hybridized carbons (Fsp3) is 0.250. The Morgan fingerprint density at radius 3 is 2.12 bits per heavy atom. The highest BCUT2D eigenvalue weighted by Gasteiger charge is 2.06. The van der Waals surface area contributed by atoms with Gasteiger partial charge in [0.05, 0.1) is 0 Å². The minimum atomic E-state index is 1.11. The predicted molar refractivity (Wildman–Crippen MR) is 70.7 cm³/mol. The number of rotatable bonds is 2. The second-order valence-electron chi connectivity index (χ2n) is 4.24. The Kier molecular flexibility index (Phi) is 3.09. The molecule has 0 amide bonds. The molecule has 2 aromatic carbocycles. The zero-order chi connectivity index (χ0) is 11.5. The molecule has 0 spiro atoms. The van der Waals surface area contributed by atoms with E-state index in [1.165, 1.54) is 27.8 Å². The minimum Gasteiger partial charge on any atom is -0.0622 e. The number of hydrogen-bond acceptors (Lipinski definition) is 0. The lowest BCUT2D eigenvalue weighted by Gasteiger charge is -2.12. The molecular weight excluding hydrogens is 192 g/mol. The summed E-state index contributed by atoms with van der Waals surface area (Å²) in [5.41, 5.74) is 6.97. The van der Waals surface area contributed by atoms with Crippen molar-refractivity contribution in [2.45, 2.75) is 27.2 Å². The Bertz CT molecular complexity index is 481. The molecule has 0 radical (unpaired) electrons. The molecule has 2 aromatic rings. The van der Waals surface area contributed by atoms with Crippen molar-refractivity contribution in [3.63, 3.8) is 0 Å². The molecule has 0 saturated heterocycles. The van der Waals surface area contributed by atoms with Gasteiger partial charge in [0, 0.05) is 0 Å². The van der Waals surface area contributed by atoms with Crippen LogP contribution < -0.4 is 0 Å². The van der Waals surface area contributed by atoms with Gasteiger partial charge in [-0.25, -0.2) is 0 Å². The molecule has 0 unspecified atom stereocenters. The SMILES string of the molecule is CCc1ccc(-c2ccccc2)c(C)c1C. The van der Waals surface area contributed by atoms with Crippen molar-refractivity contribution in [2.75, 3.05) is 0 Å². The standard InChI is InChI=1S/C16H18/c1-4-14-10-11-16(13(3)12(14)2)15-8-6-5-7-9-15/h5-11H,4H2,1-3H3. The Labute approximate surface area is 97.9 Å². The highest BCUT2D eigenvalue weighted by Crippen LogP contribution is 2.27. The lowest BCUT2D eigenvalue weighted by Crippen LogP contribution is -1.93. The van der Waals surface area contributed by atoms with Crippen LogP contribution in [0, 0.1) is 13.8 Å². The summed E-state index contributed by atoms with van der Waals surface area (Å²) in [6.07, 6.45) is 1.11. The van der Waals surface area contributed by atoms with Gasteiger partial charge in [-0.15, -0.1) is 0 Å². The summed E-state index contributed by atoms with van der Waals surface area (Å²) in [6, 6.07) is 15.1. The molecule has 0 bridgehead atoms. The largest absolute Gasteiger partial charge is 0.0622 e. The Balaban J connectivity index is 2.56. The molecule has 0 aromatic heterocycles. The van der Waals surface area contributed by atoms with E-state index in [1.807, 2.05) is 0 Å². The highest BCUT2D eigenvalue weighted by atomic mass is 14.1. The first-order valence-corrected chi connectivity index (χ1v) is 5.88. The number of aryl methyl sites for hydroxylation is 1. The van der Waals surface area contributed by atoms with Gasteiger partial charge in [0.1, 0.15) is 0 Å². The smallest absolute Gasteiger partial charge is 0.0152 e. The Morgan fingerprint density at radius 1 is 0.812 bits per heavy atom. The van der Waals surface area contributed by atoms with Crippen LogP contribution in [0.25, 0.3) is 11.1 Å². The molecular formula is C16H18. The third-order valence-corrected chi connectivity index (χ3v) is 3.37. The van der Waals surface area contributed by atoms with Crippen LogP contribution in [0.3, 0.4) is 0 Å². The normalized spacial score (nSPS) is 10.4. The molecule has 0 aliphatic carbocycles. The molecule has 0 saturated carbocycles. The summed E-state index contributed by atoms with van der Waals surface area (Å²) in [4.78, 5) is 0. The van der Waals surface area contributed by atoms with Crippen LogP contribution in [0.4, 0.5) is 0 Å². The molecule has 0 nitrogen and oxygen atoms in total. The van der Waals surface area contributed by atoms with Gasteiger partial charge in [0.25, 0.3) is 0 Å². The summed E-state index contributed by atoms with van der Waals surface area (Å²) in [6.45, 7) is 6.65. The maximum absolute atomic E-state index is 2.25. The summed E-state index contributed by atoms with van der Waals surface area (Å²) in [5, 5.41) is 0. The fourth-order valence-electron chi connectivity index (χ4n) is 2.19. The van der Waals surface area contributed by atoms with Crippen LogP contribution in [0.2, 0.25) is 0 Å². The van der Waals surface area contributed by atoms with Crippen LogP contribution in [0.15, 0.2) is 42.5 Å². The number of benzene rings is 2. The highest BCUT2D eigenvalue weighted by molar-refractivity contribution is 5.69.